The Morgan fingerprint density at radius 2 is 2.33 bits per heavy atom. The number of nitrogens with two attached hydrogens (primary N) is 1. The van der Waals surface area contributed by atoms with E-state index in [2.05, 4.69) is 49.1 Å². The van der Waals surface area contributed by atoms with E-state index in [1.54, 1.807) is 0 Å². The summed E-state index contributed by atoms with van der Waals surface area (Å²) in [6.45, 7) is 2.45. The molecule has 0 fully saturated rings. The molecule has 1 amide bonds. The molecule has 1 aliphatic rings. The molecule has 2 N–H and O–H groups in total. The van der Waals surface area contributed by atoms with Crippen LogP contribution in [0.1, 0.15) is 27.4 Å². The first kappa shape index (κ1) is 14.2. The minimum absolute atomic E-state index is 0.0399. The standard InChI is InChI=1S/C15H14BrN4O/c16-12-3-1-2-10(6-12)8-20-5-4-11-7-18-15(14(17)21)19-13(11)9-20/h1-3,6H,4-5,8-9H2,(H2,17,21). The van der Waals surface area contributed by atoms with Gasteiger partial charge in [-0.3, -0.25) is 9.69 Å². The van der Waals surface area contributed by atoms with Crippen molar-refractivity contribution in [2.75, 3.05) is 6.54 Å². The number of fused-ring (bicyclic) bond motifs is 1. The van der Waals surface area contributed by atoms with E-state index in [1.165, 1.54) is 5.56 Å². The van der Waals surface area contributed by atoms with Crippen LogP contribution in [0.3, 0.4) is 0 Å². The van der Waals surface area contributed by atoms with E-state index in [1.807, 2.05) is 12.1 Å². The maximum absolute atomic E-state index is 11.2. The van der Waals surface area contributed by atoms with E-state index in [0.29, 0.717) is 6.54 Å². The number of aromatic nitrogens is 2. The SMILES string of the molecule is NC(=O)c1n[c]c2c(n1)CN(Cc1cccc(Br)c1)CC2. The molecule has 5 nitrogen and oxygen atoms in total. The smallest absolute Gasteiger partial charge is 0.286 e. The molecule has 6 heteroatoms. The summed E-state index contributed by atoms with van der Waals surface area (Å²) in [6, 6.07) is 8.24. The first-order chi connectivity index (χ1) is 10.1. The topological polar surface area (TPSA) is 72.1 Å². The number of carbonyl (C=O) groups is 1. The molecular weight excluding hydrogens is 332 g/mol. The molecule has 1 aromatic carbocycles. The molecule has 0 saturated heterocycles. The third-order valence-electron chi connectivity index (χ3n) is 3.45. The number of amides is 1. The zero-order valence-electron chi connectivity index (χ0n) is 11.3. The molecule has 107 valence electrons. The van der Waals surface area contributed by atoms with Gasteiger partial charge in [0.2, 0.25) is 5.82 Å². The number of nitrogens with zero attached hydrogens (tertiary/aromatic N) is 3. The van der Waals surface area contributed by atoms with Crippen molar-refractivity contribution in [2.24, 2.45) is 5.73 Å². The fraction of sp³-hybridized carbons (Fsp3) is 0.267. The summed E-state index contributed by atoms with van der Waals surface area (Å²) >= 11 is 3.48. The van der Waals surface area contributed by atoms with Crippen molar-refractivity contribution in [3.05, 3.63) is 57.6 Å². The Bertz CT molecular complexity index is 689. The van der Waals surface area contributed by atoms with Crippen molar-refractivity contribution in [3.63, 3.8) is 0 Å². The van der Waals surface area contributed by atoms with Crippen molar-refractivity contribution in [1.82, 2.24) is 14.9 Å². The fourth-order valence-electron chi connectivity index (χ4n) is 2.44. The lowest BCUT2D eigenvalue weighted by molar-refractivity contribution is 0.0989. The van der Waals surface area contributed by atoms with E-state index in [-0.39, 0.29) is 5.82 Å². The summed E-state index contributed by atoms with van der Waals surface area (Å²) in [7, 11) is 0. The highest BCUT2D eigenvalue weighted by Gasteiger charge is 2.20. The average molecular weight is 346 g/mol. The number of hydrogen-bond acceptors (Lipinski definition) is 4. The summed E-state index contributed by atoms with van der Waals surface area (Å²) in [5.74, 6) is -0.573. The van der Waals surface area contributed by atoms with Crippen LogP contribution < -0.4 is 5.73 Å². The van der Waals surface area contributed by atoms with Gasteiger partial charge in [0, 0.05) is 29.7 Å². The zero-order chi connectivity index (χ0) is 14.8. The van der Waals surface area contributed by atoms with Crippen molar-refractivity contribution in [3.8, 4) is 0 Å². The third-order valence-corrected chi connectivity index (χ3v) is 3.95. The maximum atomic E-state index is 11.2. The first-order valence-corrected chi connectivity index (χ1v) is 7.45. The van der Waals surface area contributed by atoms with Gasteiger partial charge in [-0.05, 0) is 24.1 Å². The second kappa shape index (κ2) is 5.91. The monoisotopic (exact) mass is 345 g/mol. The van der Waals surface area contributed by atoms with Crippen LogP contribution in [-0.2, 0) is 19.5 Å². The molecule has 21 heavy (non-hydrogen) atoms. The lowest BCUT2D eigenvalue weighted by Gasteiger charge is -2.27. The third kappa shape index (κ3) is 3.28. The van der Waals surface area contributed by atoms with E-state index < -0.39 is 5.91 Å². The number of hydrogen-bond donors (Lipinski definition) is 1. The highest BCUT2D eigenvalue weighted by atomic mass is 79.9. The molecule has 0 aliphatic carbocycles. The van der Waals surface area contributed by atoms with Crippen molar-refractivity contribution in [2.45, 2.75) is 19.5 Å². The van der Waals surface area contributed by atoms with Gasteiger partial charge >= 0.3 is 0 Å². The van der Waals surface area contributed by atoms with Gasteiger partial charge in [-0.15, -0.1) is 0 Å². The lowest BCUT2D eigenvalue weighted by Crippen LogP contribution is -2.32. The van der Waals surface area contributed by atoms with Gasteiger partial charge in [0.25, 0.3) is 5.91 Å². The van der Waals surface area contributed by atoms with Crippen LogP contribution in [0.5, 0.6) is 0 Å². The van der Waals surface area contributed by atoms with E-state index in [4.69, 9.17) is 5.73 Å². The second-order valence-corrected chi connectivity index (χ2v) is 5.95. The predicted molar refractivity (Wildman–Crippen MR) is 81.3 cm³/mol. The molecule has 2 aromatic rings. The zero-order valence-corrected chi connectivity index (χ0v) is 12.9. The average Bonchev–Trinajstić information content (AvgIpc) is 2.46. The highest BCUT2D eigenvalue weighted by Crippen LogP contribution is 2.19. The van der Waals surface area contributed by atoms with Crippen LogP contribution in [-0.4, -0.2) is 27.3 Å². The van der Waals surface area contributed by atoms with Crippen molar-refractivity contribution in [1.29, 1.82) is 0 Å². The number of rotatable bonds is 3. The fourth-order valence-corrected chi connectivity index (χ4v) is 2.88. The van der Waals surface area contributed by atoms with Crippen molar-refractivity contribution >= 4 is 21.8 Å². The molecule has 0 spiro atoms. The summed E-state index contributed by atoms with van der Waals surface area (Å²) in [4.78, 5) is 21.6. The molecule has 0 bridgehead atoms. The van der Waals surface area contributed by atoms with Gasteiger partial charge < -0.3 is 5.73 Å². The molecule has 1 radical (unpaired) electrons. The number of carbonyl (C=O) groups excluding carboxylic acids is 1. The van der Waals surface area contributed by atoms with Crippen LogP contribution in [0.15, 0.2) is 28.7 Å². The Kier molecular flexibility index (Phi) is 3.98. The Hall–Kier alpha value is -1.79. The first-order valence-electron chi connectivity index (χ1n) is 6.66. The summed E-state index contributed by atoms with van der Waals surface area (Å²) in [5, 5.41) is 0. The van der Waals surface area contributed by atoms with Crippen LogP contribution in [0.25, 0.3) is 0 Å². The number of halogens is 1. The maximum Gasteiger partial charge on any atom is 0.286 e. The van der Waals surface area contributed by atoms with E-state index >= 15 is 0 Å². The molecule has 0 unspecified atom stereocenters. The lowest BCUT2D eigenvalue weighted by atomic mass is 10.1. The van der Waals surface area contributed by atoms with Gasteiger partial charge in [-0.25, -0.2) is 9.97 Å². The molecule has 1 aliphatic heterocycles. The highest BCUT2D eigenvalue weighted by molar-refractivity contribution is 9.10. The molecular formula is C15H14BrN4O. The van der Waals surface area contributed by atoms with Crippen LogP contribution in [0.4, 0.5) is 0 Å². The minimum Gasteiger partial charge on any atom is -0.363 e. The summed E-state index contributed by atoms with van der Waals surface area (Å²) in [6.07, 6.45) is 3.72. The number of benzene rings is 1. The van der Waals surface area contributed by atoms with E-state index in [0.717, 1.165) is 35.2 Å². The quantitative estimate of drug-likeness (QED) is 0.918. The van der Waals surface area contributed by atoms with Gasteiger partial charge in [0.15, 0.2) is 0 Å². The second-order valence-electron chi connectivity index (χ2n) is 5.04. The number of primary amides is 1. The molecule has 1 aromatic heterocycles. The molecule has 2 heterocycles. The summed E-state index contributed by atoms with van der Waals surface area (Å²) < 4.78 is 1.07. The van der Waals surface area contributed by atoms with Crippen LogP contribution in [0, 0.1) is 6.20 Å². The largest absolute Gasteiger partial charge is 0.363 e. The van der Waals surface area contributed by atoms with Crippen LogP contribution >= 0.6 is 15.9 Å². The van der Waals surface area contributed by atoms with Gasteiger partial charge in [-0.1, -0.05) is 28.1 Å². The Morgan fingerprint density at radius 1 is 1.48 bits per heavy atom. The van der Waals surface area contributed by atoms with E-state index in [9.17, 15) is 4.79 Å². The minimum atomic E-state index is -0.613. The Morgan fingerprint density at radius 3 is 3.10 bits per heavy atom. The Balaban J connectivity index is 1.77. The molecule has 0 atom stereocenters. The van der Waals surface area contributed by atoms with Crippen molar-refractivity contribution < 1.29 is 4.79 Å². The molecule has 3 rings (SSSR count). The summed E-state index contributed by atoms with van der Waals surface area (Å²) in [5.41, 5.74) is 8.28. The normalized spacial score (nSPS) is 14.7. The van der Waals surface area contributed by atoms with Gasteiger partial charge in [0.1, 0.15) is 0 Å². The Labute approximate surface area is 131 Å². The van der Waals surface area contributed by atoms with Gasteiger partial charge in [-0.2, -0.15) is 0 Å². The van der Waals surface area contributed by atoms with Gasteiger partial charge in [0.05, 0.1) is 11.9 Å². The van der Waals surface area contributed by atoms with Crippen LogP contribution in [0.2, 0.25) is 0 Å². The predicted octanol–water partition coefficient (Wildman–Crippen LogP) is 1.70. The molecule has 0 saturated carbocycles.